The maximum atomic E-state index is 5.43. The quantitative estimate of drug-likeness (QED) is 0.514. The summed E-state index contributed by atoms with van der Waals surface area (Å²) in [5.74, 6) is 0. The van der Waals surface area contributed by atoms with Crippen molar-refractivity contribution in [1.82, 2.24) is 0 Å². The van der Waals surface area contributed by atoms with Crippen molar-refractivity contribution in [2.45, 2.75) is 33.1 Å². The number of hydrogen-bond acceptors (Lipinski definition) is 2. The van der Waals surface area contributed by atoms with Gasteiger partial charge in [-0.1, -0.05) is 66.2 Å². The fourth-order valence-corrected chi connectivity index (χ4v) is 3.51. The van der Waals surface area contributed by atoms with Gasteiger partial charge in [0.1, 0.15) is 0 Å². The molecule has 1 fully saturated rings. The van der Waals surface area contributed by atoms with Gasteiger partial charge in [0.05, 0.1) is 0 Å². The largest absolute Gasteiger partial charge is 0.399 e. The van der Waals surface area contributed by atoms with Crippen molar-refractivity contribution in [3.05, 3.63) is 102 Å². The molecule has 0 atom stereocenters. The molecule has 29 heavy (non-hydrogen) atoms. The van der Waals surface area contributed by atoms with Crippen molar-refractivity contribution < 1.29 is 0 Å². The average Bonchev–Trinajstić information content (AvgIpc) is 2.77. The summed E-state index contributed by atoms with van der Waals surface area (Å²) in [7, 11) is 0. The normalized spacial score (nSPS) is 13.4. The number of anilines is 2. The van der Waals surface area contributed by atoms with Gasteiger partial charge < -0.3 is 10.6 Å². The minimum Gasteiger partial charge on any atom is -0.399 e. The van der Waals surface area contributed by atoms with Gasteiger partial charge in [0.2, 0.25) is 0 Å². The molecule has 2 nitrogen and oxygen atoms in total. The fraction of sp³-hybridized carbons (Fsp3) is 0.259. The Balaban J connectivity index is 0.000000252. The van der Waals surface area contributed by atoms with E-state index in [1.807, 2.05) is 31.2 Å². The molecule has 1 aliphatic rings. The Hall–Kier alpha value is -3.00. The summed E-state index contributed by atoms with van der Waals surface area (Å²) in [6.45, 7) is 10.8. The van der Waals surface area contributed by atoms with E-state index in [0.717, 1.165) is 11.3 Å². The SMILES string of the molecule is C=C(c1ccc(C)cc1)c1ccc(N2CCCCC2)cc1.Cc1ccc(N)cc1. The monoisotopic (exact) mass is 384 g/mol. The highest BCUT2D eigenvalue weighted by atomic mass is 15.1. The lowest BCUT2D eigenvalue weighted by Gasteiger charge is -2.29. The molecule has 1 aliphatic heterocycles. The fourth-order valence-electron chi connectivity index (χ4n) is 3.51. The Bertz CT molecular complexity index is 879. The van der Waals surface area contributed by atoms with Crippen LogP contribution in [0.15, 0.2) is 79.4 Å². The van der Waals surface area contributed by atoms with Crippen LogP contribution < -0.4 is 10.6 Å². The van der Waals surface area contributed by atoms with Crippen LogP contribution in [0.3, 0.4) is 0 Å². The first kappa shape index (κ1) is 20.7. The molecule has 1 heterocycles. The minimum atomic E-state index is 0.829. The zero-order valence-corrected chi connectivity index (χ0v) is 17.7. The summed E-state index contributed by atoms with van der Waals surface area (Å²) in [5, 5.41) is 0. The van der Waals surface area contributed by atoms with Crippen molar-refractivity contribution in [3.8, 4) is 0 Å². The first-order chi connectivity index (χ1) is 14.0. The highest BCUT2D eigenvalue weighted by molar-refractivity contribution is 5.78. The van der Waals surface area contributed by atoms with Crippen LogP contribution >= 0.6 is 0 Å². The van der Waals surface area contributed by atoms with E-state index < -0.39 is 0 Å². The number of nitrogen functional groups attached to an aromatic ring is 1. The Morgan fingerprint density at radius 1 is 0.690 bits per heavy atom. The van der Waals surface area contributed by atoms with Gasteiger partial charge in [-0.05, 0) is 74.1 Å². The first-order valence-corrected chi connectivity index (χ1v) is 10.5. The number of piperidine rings is 1. The lowest BCUT2D eigenvalue weighted by molar-refractivity contribution is 0.578. The zero-order valence-electron chi connectivity index (χ0n) is 17.7. The van der Waals surface area contributed by atoms with E-state index in [1.165, 1.54) is 60.3 Å². The molecule has 4 rings (SSSR count). The predicted molar refractivity (Wildman–Crippen MR) is 127 cm³/mol. The number of nitrogens with two attached hydrogens (primary N) is 1. The van der Waals surface area contributed by atoms with E-state index in [2.05, 4.69) is 66.9 Å². The molecule has 2 N–H and O–H groups in total. The number of nitrogens with zero attached hydrogens (tertiary/aromatic N) is 1. The second kappa shape index (κ2) is 9.97. The average molecular weight is 385 g/mol. The topological polar surface area (TPSA) is 29.3 Å². The third-order valence-electron chi connectivity index (χ3n) is 5.41. The van der Waals surface area contributed by atoms with E-state index in [0.29, 0.717) is 0 Å². The van der Waals surface area contributed by atoms with E-state index in [1.54, 1.807) is 0 Å². The molecule has 1 saturated heterocycles. The molecule has 0 bridgehead atoms. The van der Waals surface area contributed by atoms with E-state index in [9.17, 15) is 0 Å². The molecule has 0 aliphatic carbocycles. The number of benzene rings is 3. The van der Waals surface area contributed by atoms with Crippen LogP contribution in [0.2, 0.25) is 0 Å². The third-order valence-corrected chi connectivity index (χ3v) is 5.41. The second-order valence-electron chi connectivity index (χ2n) is 7.85. The standard InChI is InChI=1S/C20H23N.C7H9N/c1-16-6-8-18(9-7-16)17(2)19-10-12-20(13-11-19)21-14-4-3-5-15-21;1-6-2-4-7(8)5-3-6/h6-13H,2-5,14-15H2,1H3;2-5H,8H2,1H3. The molecule has 0 radical (unpaired) electrons. The van der Waals surface area contributed by atoms with Gasteiger partial charge in [-0.3, -0.25) is 0 Å². The van der Waals surface area contributed by atoms with Crippen LogP contribution in [0.5, 0.6) is 0 Å². The van der Waals surface area contributed by atoms with Gasteiger partial charge in [0.15, 0.2) is 0 Å². The maximum Gasteiger partial charge on any atom is 0.0366 e. The third kappa shape index (κ3) is 5.99. The second-order valence-corrected chi connectivity index (χ2v) is 7.85. The van der Waals surface area contributed by atoms with Crippen molar-refractivity contribution in [1.29, 1.82) is 0 Å². The van der Waals surface area contributed by atoms with Crippen LogP contribution in [0.4, 0.5) is 11.4 Å². The summed E-state index contributed by atoms with van der Waals surface area (Å²) in [4.78, 5) is 2.49. The van der Waals surface area contributed by atoms with E-state index in [-0.39, 0.29) is 0 Å². The maximum absolute atomic E-state index is 5.43. The predicted octanol–water partition coefficient (Wildman–Crippen LogP) is 6.62. The molecule has 3 aromatic rings. The smallest absolute Gasteiger partial charge is 0.0366 e. The molecule has 0 saturated carbocycles. The molecular formula is C27H32N2. The van der Waals surface area contributed by atoms with Crippen molar-refractivity contribution in [2.75, 3.05) is 23.7 Å². The lowest BCUT2D eigenvalue weighted by Crippen LogP contribution is -2.29. The Morgan fingerprint density at radius 2 is 1.14 bits per heavy atom. The Kier molecular flexibility index (Phi) is 7.13. The number of hydrogen-bond donors (Lipinski definition) is 1. The highest BCUT2D eigenvalue weighted by Gasteiger charge is 2.11. The highest BCUT2D eigenvalue weighted by Crippen LogP contribution is 2.26. The Morgan fingerprint density at radius 3 is 1.62 bits per heavy atom. The van der Waals surface area contributed by atoms with Gasteiger partial charge in [0.25, 0.3) is 0 Å². The number of rotatable bonds is 3. The van der Waals surface area contributed by atoms with Crippen molar-refractivity contribution in [2.24, 2.45) is 0 Å². The van der Waals surface area contributed by atoms with Crippen molar-refractivity contribution >= 4 is 16.9 Å². The van der Waals surface area contributed by atoms with Crippen molar-refractivity contribution in [3.63, 3.8) is 0 Å². The Labute approximate surface area is 175 Å². The first-order valence-electron chi connectivity index (χ1n) is 10.5. The van der Waals surface area contributed by atoms with Crippen LogP contribution in [0.25, 0.3) is 5.57 Å². The summed E-state index contributed by atoms with van der Waals surface area (Å²) < 4.78 is 0. The lowest BCUT2D eigenvalue weighted by atomic mass is 9.98. The zero-order chi connectivity index (χ0) is 20.6. The summed E-state index contributed by atoms with van der Waals surface area (Å²) in [5.41, 5.74) is 13.6. The molecule has 0 spiro atoms. The minimum absolute atomic E-state index is 0.829. The van der Waals surface area contributed by atoms with Gasteiger partial charge in [0, 0.05) is 24.5 Å². The van der Waals surface area contributed by atoms with Gasteiger partial charge >= 0.3 is 0 Å². The van der Waals surface area contributed by atoms with E-state index >= 15 is 0 Å². The summed E-state index contributed by atoms with van der Waals surface area (Å²) in [6, 6.07) is 25.2. The molecule has 3 aromatic carbocycles. The van der Waals surface area contributed by atoms with Crippen LogP contribution in [0.1, 0.15) is 41.5 Å². The summed E-state index contributed by atoms with van der Waals surface area (Å²) >= 11 is 0. The molecule has 0 aromatic heterocycles. The molecular weight excluding hydrogens is 352 g/mol. The van der Waals surface area contributed by atoms with Gasteiger partial charge in [-0.25, -0.2) is 0 Å². The molecule has 0 unspecified atom stereocenters. The van der Waals surface area contributed by atoms with E-state index in [4.69, 9.17) is 5.73 Å². The van der Waals surface area contributed by atoms with Crippen LogP contribution in [-0.4, -0.2) is 13.1 Å². The number of aryl methyl sites for hydroxylation is 2. The van der Waals surface area contributed by atoms with Crippen LogP contribution in [0, 0.1) is 13.8 Å². The molecule has 2 heteroatoms. The molecule has 150 valence electrons. The molecule has 0 amide bonds. The van der Waals surface area contributed by atoms with Gasteiger partial charge in [-0.15, -0.1) is 0 Å². The van der Waals surface area contributed by atoms with Crippen LogP contribution in [-0.2, 0) is 0 Å². The summed E-state index contributed by atoms with van der Waals surface area (Å²) in [6.07, 6.45) is 4.01. The van der Waals surface area contributed by atoms with Gasteiger partial charge in [-0.2, -0.15) is 0 Å².